The molecule has 3 aliphatic rings. The third kappa shape index (κ3) is 3.83. The van der Waals surface area contributed by atoms with Gasteiger partial charge >= 0.3 is 0 Å². The Labute approximate surface area is 153 Å². The summed E-state index contributed by atoms with van der Waals surface area (Å²) < 4.78 is 6.87. The van der Waals surface area contributed by atoms with Crippen LogP contribution in [0.15, 0.2) is 10.9 Å². The molecule has 2 aliphatic heterocycles. The van der Waals surface area contributed by atoms with Gasteiger partial charge in [-0.05, 0) is 50.6 Å². The van der Waals surface area contributed by atoms with E-state index in [9.17, 15) is 9.59 Å². The Morgan fingerprint density at radius 3 is 2.88 bits per heavy atom. The molecule has 3 heterocycles. The molecular formula is C19H28N4O3. The molecule has 0 saturated carbocycles. The summed E-state index contributed by atoms with van der Waals surface area (Å²) in [4.78, 5) is 28.6. The Kier molecular flexibility index (Phi) is 5.36. The van der Waals surface area contributed by atoms with Crippen molar-refractivity contribution in [2.24, 2.45) is 0 Å². The second kappa shape index (κ2) is 7.88. The number of morpholine rings is 1. The van der Waals surface area contributed by atoms with Crippen LogP contribution in [0.5, 0.6) is 0 Å². The maximum Gasteiger partial charge on any atom is 0.267 e. The van der Waals surface area contributed by atoms with Crippen LogP contribution in [0.2, 0.25) is 0 Å². The van der Waals surface area contributed by atoms with E-state index in [1.54, 1.807) is 10.7 Å². The van der Waals surface area contributed by atoms with Gasteiger partial charge in [0, 0.05) is 31.7 Å². The molecule has 26 heavy (non-hydrogen) atoms. The minimum atomic E-state index is 0.0286. The van der Waals surface area contributed by atoms with E-state index in [1.165, 1.54) is 6.42 Å². The first kappa shape index (κ1) is 17.7. The highest BCUT2D eigenvalue weighted by Crippen LogP contribution is 2.20. The largest absolute Gasteiger partial charge is 0.370 e. The second-order valence-corrected chi connectivity index (χ2v) is 7.61. The Bertz CT molecular complexity index is 717. The van der Waals surface area contributed by atoms with Crippen LogP contribution in [0.4, 0.5) is 0 Å². The number of hydrogen-bond donors (Lipinski definition) is 0. The molecule has 0 aromatic carbocycles. The van der Waals surface area contributed by atoms with Crippen LogP contribution in [-0.4, -0.2) is 70.9 Å². The Balaban J connectivity index is 1.39. The van der Waals surface area contributed by atoms with Gasteiger partial charge in [0.1, 0.15) is 6.61 Å². The van der Waals surface area contributed by atoms with Gasteiger partial charge in [0.15, 0.2) is 0 Å². The lowest BCUT2D eigenvalue weighted by Crippen LogP contribution is -2.47. The van der Waals surface area contributed by atoms with E-state index >= 15 is 0 Å². The van der Waals surface area contributed by atoms with Crippen LogP contribution < -0.4 is 5.56 Å². The maximum absolute atomic E-state index is 12.4. The maximum atomic E-state index is 12.4. The summed E-state index contributed by atoms with van der Waals surface area (Å²) in [5, 5.41) is 4.67. The molecule has 7 nitrogen and oxygen atoms in total. The summed E-state index contributed by atoms with van der Waals surface area (Å²) in [6, 6.07) is 2.13. The van der Waals surface area contributed by atoms with Crippen molar-refractivity contribution in [3.8, 4) is 0 Å². The van der Waals surface area contributed by atoms with Crippen molar-refractivity contribution in [2.45, 2.75) is 51.1 Å². The number of carbonyl (C=O) groups is 1. The number of amides is 1. The van der Waals surface area contributed by atoms with E-state index in [4.69, 9.17) is 4.74 Å². The van der Waals surface area contributed by atoms with Gasteiger partial charge in [-0.25, -0.2) is 4.68 Å². The minimum absolute atomic E-state index is 0.0286. The predicted octanol–water partition coefficient (Wildman–Crippen LogP) is 0.445. The normalized spacial score (nSPS) is 24.1. The van der Waals surface area contributed by atoms with Crippen molar-refractivity contribution in [2.75, 3.05) is 39.4 Å². The van der Waals surface area contributed by atoms with Crippen LogP contribution in [0.25, 0.3) is 0 Å². The van der Waals surface area contributed by atoms with Crippen molar-refractivity contribution in [3.63, 3.8) is 0 Å². The van der Waals surface area contributed by atoms with Crippen molar-refractivity contribution < 1.29 is 9.53 Å². The minimum Gasteiger partial charge on any atom is -0.370 e. The Hall–Kier alpha value is -1.73. The fourth-order valence-corrected chi connectivity index (χ4v) is 4.36. The Morgan fingerprint density at radius 1 is 1.12 bits per heavy atom. The molecule has 1 unspecified atom stereocenters. The number of likely N-dealkylation sites (tertiary alicyclic amines) is 1. The van der Waals surface area contributed by atoms with Gasteiger partial charge in [0.05, 0.1) is 18.8 Å². The van der Waals surface area contributed by atoms with Crippen LogP contribution in [-0.2, 0) is 28.9 Å². The van der Waals surface area contributed by atoms with Gasteiger partial charge in [-0.3, -0.25) is 14.5 Å². The second-order valence-electron chi connectivity index (χ2n) is 7.61. The standard InChI is InChI=1S/C19H28N4O3/c24-18-12-15-4-1-2-6-17(15)20-23(18)13-16-5-3-7-21(16)8-9-22-10-11-26-14-19(22)25/h12,16H,1-11,13-14H2. The average Bonchev–Trinajstić information content (AvgIpc) is 3.09. The summed E-state index contributed by atoms with van der Waals surface area (Å²) in [5.74, 6) is 0.0829. The molecular weight excluding hydrogens is 332 g/mol. The number of rotatable bonds is 5. The molecule has 0 spiro atoms. The lowest BCUT2D eigenvalue weighted by molar-refractivity contribution is -0.142. The quantitative estimate of drug-likeness (QED) is 0.763. The molecule has 2 fully saturated rings. The first-order valence-electron chi connectivity index (χ1n) is 9.90. The third-order valence-electron chi connectivity index (χ3n) is 5.90. The predicted molar refractivity (Wildman–Crippen MR) is 97.1 cm³/mol. The third-order valence-corrected chi connectivity index (χ3v) is 5.90. The highest BCUT2D eigenvalue weighted by Gasteiger charge is 2.27. The number of hydrogen-bond acceptors (Lipinski definition) is 5. The van der Waals surface area contributed by atoms with Gasteiger partial charge in [-0.2, -0.15) is 5.10 Å². The zero-order chi connectivity index (χ0) is 17.9. The SMILES string of the molecule is O=C1COCCN1CCN1CCCC1Cn1nc2c(cc1=O)CCCC2. The lowest BCUT2D eigenvalue weighted by Gasteiger charge is -2.31. The van der Waals surface area contributed by atoms with E-state index in [0.29, 0.717) is 25.7 Å². The molecule has 1 aromatic heterocycles. The van der Waals surface area contributed by atoms with Gasteiger partial charge in [-0.15, -0.1) is 0 Å². The van der Waals surface area contributed by atoms with Crippen molar-refractivity contribution >= 4 is 5.91 Å². The molecule has 0 N–H and O–H groups in total. The average molecular weight is 360 g/mol. The molecule has 2 saturated heterocycles. The smallest absolute Gasteiger partial charge is 0.267 e. The molecule has 1 amide bonds. The number of nitrogens with zero attached hydrogens (tertiary/aromatic N) is 4. The summed E-state index contributed by atoms with van der Waals surface area (Å²) >= 11 is 0. The summed E-state index contributed by atoms with van der Waals surface area (Å²) in [6.45, 7) is 4.80. The lowest BCUT2D eigenvalue weighted by atomic mass is 9.97. The summed E-state index contributed by atoms with van der Waals surface area (Å²) in [5.41, 5.74) is 2.28. The fourth-order valence-electron chi connectivity index (χ4n) is 4.36. The molecule has 0 radical (unpaired) electrons. The number of aryl methyl sites for hydroxylation is 2. The molecule has 7 heteroatoms. The highest BCUT2D eigenvalue weighted by atomic mass is 16.5. The van der Waals surface area contributed by atoms with Gasteiger partial charge in [-0.1, -0.05) is 0 Å². The molecule has 4 rings (SSSR count). The van der Waals surface area contributed by atoms with E-state index in [2.05, 4.69) is 10.00 Å². The fraction of sp³-hybridized carbons (Fsp3) is 0.737. The van der Waals surface area contributed by atoms with Gasteiger partial charge in [0.25, 0.3) is 5.56 Å². The molecule has 1 aromatic rings. The van der Waals surface area contributed by atoms with E-state index < -0.39 is 0 Å². The summed E-state index contributed by atoms with van der Waals surface area (Å²) in [7, 11) is 0. The van der Waals surface area contributed by atoms with E-state index in [0.717, 1.165) is 63.0 Å². The van der Waals surface area contributed by atoms with Gasteiger partial charge < -0.3 is 9.64 Å². The monoisotopic (exact) mass is 360 g/mol. The van der Waals surface area contributed by atoms with E-state index in [1.807, 2.05) is 4.90 Å². The number of ether oxygens (including phenoxy) is 1. The van der Waals surface area contributed by atoms with Crippen LogP contribution >= 0.6 is 0 Å². The van der Waals surface area contributed by atoms with Crippen molar-refractivity contribution in [3.05, 3.63) is 27.7 Å². The first-order chi connectivity index (χ1) is 12.7. The Morgan fingerprint density at radius 2 is 2.00 bits per heavy atom. The first-order valence-corrected chi connectivity index (χ1v) is 9.90. The zero-order valence-electron chi connectivity index (χ0n) is 15.4. The van der Waals surface area contributed by atoms with Crippen LogP contribution in [0.3, 0.4) is 0 Å². The van der Waals surface area contributed by atoms with Crippen molar-refractivity contribution in [1.29, 1.82) is 0 Å². The van der Waals surface area contributed by atoms with E-state index in [-0.39, 0.29) is 18.1 Å². The zero-order valence-corrected chi connectivity index (χ0v) is 15.4. The number of carbonyl (C=O) groups excluding carboxylic acids is 1. The molecule has 142 valence electrons. The molecule has 1 aliphatic carbocycles. The number of fused-ring (bicyclic) bond motifs is 1. The van der Waals surface area contributed by atoms with Gasteiger partial charge in [0.2, 0.25) is 5.91 Å². The summed E-state index contributed by atoms with van der Waals surface area (Å²) in [6.07, 6.45) is 6.53. The molecule has 1 atom stereocenters. The topological polar surface area (TPSA) is 67.7 Å². The highest BCUT2D eigenvalue weighted by molar-refractivity contribution is 5.77. The van der Waals surface area contributed by atoms with Crippen LogP contribution in [0.1, 0.15) is 36.9 Å². The van der Waals surface area contributed by atoms with Crippen molar-refractivity contribution in [1.82, 2.24) is 19.6 Å². The molecule has 0 bridgehead atoms. The van der Waals surface area contributed by atoms with Crippen LogP contribution in [0, 0.1) is 0 Å². The number of aromatic nitrogens is 2.